The smallest absolute Gasteiger partial charge is 0.127 e. The summed E-state index contributed by atoms with van der Waals surface area (Å²) in [7, 11) is -1.32. The van der Waals surface area contributed by atoms with Crippen LogP contribution < -0.4 is 0 Å². The third-order valence-electron chi connectivity index (χ3n) is 2.87. The highest BCUT2D eigenvalue weighted by molar-refractivity contribution is 6.83. The van der Waals surface area contributed by atoms with Crippen LogP contribution in [-0.4, -0.2) is 8.07 Å². The molecule has 0 spiro atoms. The lowest BCUT2D eigenvalue weighted by Crippen LogP contribution is -2.16. The van der Waals surface area contributed by atoms with Crippen molar-refractivity contribution < 1.29 is 0 Å². The summed E-state index contributed by atoms with van der Waals surface area (Å²) in [6.07, 6.45) is 5.34. The average molecular weight is 298 g/mol. The highest BCUT2D eigenvalue weighted by atomic mass is 28.3. The monoisotopic (exact) mass is 298 g/mol. The fourth-order valence-corrected chi connectivity index (χ4v) is 2.21. The first-order chi connectivity index (χ1) is 10.5. The van der Waals surface area contributed by atoms with Crippen molar-refractivity contribution in [2.24, 2.45) is 0 Å². The van der Waals surface area contributed by atoms with Gasteiger partial charge in [-0.25, -0.2) is 0 Å². The Bertz CT molecular complexity index is 803. The number of hydrogen-bond acceptors (Lipinski definition) is 0. The van der Waals surface area contributed by atoms with Crippen LogP contribution in [0.25, 0.3) is 0 Å². The van der Waals surface area contributed by atoms with E-state index in [2.05, 4.69) is 48.9 Å². The highest BCUT2D eigenvalue weighted by Gasteiger charge is 2.07. The lowest BCUT2D eigenvalue weighted by molar-refractivity contribution is 1.58. The molecule has 0 atom stereocenters. The fourth-order valence-electron chi connectivity index (χ4n) is 1.69. The summed E-state index contributed by atoms with van der Waals surface area (Å²) in [5.74, 6) is 12.1. The third-order valence-corrected chi connectivity index (χ3v) is 3.74. The van der Waals surface area contributed by atoms with Crippen LogP contribution in [0.1, 0.15) is 22.3 Å². The molecule has 0 aliphatic carbocycles. The zero-order valence-electron chi connectivity index (χ0n) is 13.2. The number of terminal acetylenes is 1. The van der Waals surface area contributed by atoms with Crippen molar-refractivity contribution in [3.63, 3.8) is 0 Å². The van der Waals surface area contributed by atoms with Crippen molar-refractivity contribution in [3.8, 4) is 35.6 Å². The molecule has 106 valence electrons. The summed E-state index contributed by atoms with van der Waals surface area (Å²) in [6, 6.07) is 15.8. The van der Waals surface area contributed by atoms with E-state index in [4.69, 9.17) is 6.42 Å². The van der Waals surface area contributed by atoms with Gasteiger partial charge in [-0.15, -0.1) is 12.0 Å². The quantitative estimate of drug-likeness (QED) is 0.502. The van der Waals surface area contributed by atoms with Crippen LogP contribution in [0, 0.1) is 35.6 Å². The first-order valence-electron chi connectivity index (χ1n) is 7.18. The van der Waals surface area contributed by atoms with Gasteiger partial charge in [0.1, 0.15) is 8.07 Å². The summed E-state index contributed by atoms with van der Waals surface area (Å²) >= 11 is 0. The minimum absolute atomic E-state index is 0.871. The van der Waals surface area contributed by atoms with Crippen molar-refractivity contribution in [3.05, 3.63) is 70.8 Å². The van der Waals surface area contributed by atoms with Gasteiger partial charge in [0.05, 0.1) is 0 Å². The van der Waals surface area contributed by atoms with E-state index in [1.807, 2.05) is 48.5 Å². The summed E-state index contributed by atoms with van der Waals surface area (Å²) in [5, 5.41) is 0. The van der Waals surface area contributed by atoms with Crippen LogP contribution >= 0.6 is 0 Å². The maximum atomic E-state index is 5.34. The Morgan fingerprint density at radius 2 is 1.00 bits per heavy atom. The molecule has 0 nitrogen and oxygen atoms in total. The standard InChI is InChI=1S/C21H18Si/c1-5-18-6-8-19(9-7-18)10-11-20-12-14-21(15-13-20)16-17-22(2,3)4/h1,6-9,12-15H,2-4H3. The molecule has 0 bridgehead atoms. The highest BCUT2D eigenvalue weighted by Crippen LogP contribution is 2.05. The van der Waals surface area contributed by atoms with Gasteiger partial charge in [0.15, 0.2) is 0 Å². The minimum atomic E-state index is -1.32. The van der Waals surface area contributed by atoms with Crippen molar-refractivity contribution in [1.29, 1.82) is 0 Å². The molecule has 22 heavy (non-hydrogen) atoms. The normalized spacial score (nSPS) is 9.73. The molecule has 2 rings (SSSR count). The molecular formula is C21H18Si. The van der Waals surface area contributed by atoms with Gasteiger partial charge in [0.25, 0.3) is 0 Å². The predicted octanol–water partition coefficient (Wildman–Crippen LogP) is 4.30. The molecule has 0 heterocycles. The van der Waals surface area contributed by atoms with E-state index in [9.17, 15) is 0 Å². The van der Waals surface area contributed by atoms with Crippen molar-refractivity contribution >= 4 is 8.07 Å². The molecule has 1 heteroatoms. The van der Waals surface area contributed by atoms with Crippen molar-refractivity contribution in [2.75, 3.05) is 0 Å². The van der Waals surface area contributed by atoms with E-state index in [-0.39, 0.29) is 0 Å². The molecule has 0 fully saturated rings. The molecule has 0 saturated carbocycles. The van der Waals surface area contributed by atoms with Crippen molar-refractivity contribution in [2.45, 2.75) is 19.6 Å². The van der Waals surface area contributed by atoms with Crippen molar-refractivity contribution in [1.82, 2.24) is 0 Å². The lowest BCUT2D eigenvalue weighted by Gasteiger charge is -2.03. The van der Waals surface area contributed by atoms with E-state index in [1.165, 1.54) is 0 Å². The molecule has 0 unspecified atom stereocenters. The van der Waals surface area contributed by atoms with Gasteiger partial charge >= 0.3 is 0 Å². The van der Waals surface area contributed by atoms with Gasteiger partial charge in [0, 0.05) is 22.3 Å². The number of hydrogen-bond donors (Lipinski definition) is 0. The zero-order chi connectivity index (χ0) is 16.0. The summed E-state index contributed by atoms with van der Waals surface area (Å²) in [4.78, 5) is 0. The summed E-state index contributed by atoms with van der Waals surface area (Å²) in [6.45, 7) is 6.72. The molecule has 2 aromatic rings. The Labute approximate surface area is 134 Å². The predicted molar refractivity (Wildman–Crippen MR) is 97.0 cm³/mol. The average Bonchev–Trinajstić information content (AvgIpc) is 2.52. The van der Waals surface area contributed by atoms with E-state index in [0.717, 1.165) is 22.3 Å². The molecule has 0 aromatic heterocycles. The van der Waals surface area contributed by atoms with Crippen LogP contribution in [-0.2, 0) is 0 Å². The molecule has 0 aliphatic rings. The van der Waals surface area contributed by atoms with E-state index in [1.54, 1.807) is 0 Å². The zero-order valence-corrected chi connectivity index (χ0v) is 14.2. The SMILES string of the molecule is C#Cc1ccc(C#Cc2ccc(C#C[Si](C)(C)C)cc2)cc1. The molecule has 0 aliphatic heterocycles. The number of benzene rings is 2. The molecular weight excluding hydrogens is 280 g/mol. The van der Waals surface area contributed by atoms with Crippen LogP contribution in [0.3, 0.4) is 0 Å². The first kappa shape index (κ1) is 15.7. The van der Waals surface area contributed by atoms with Gasteiger partial charge in [-0.1, -0.05) is 43.3 Å². The van der Waals surface area contributed by atoms with E-state index in [0.29, 0.717) is 0 Å². The van der Waals surface area contributed by atoms with E-state index < -0.39 is 8.07 Å². The Balaban J connectivity index is 2.13. The molecule has 0 radical (unpaired) electrons. The van der Waals surface area contributed by atoms with Gasteiger partial charge in [-0.3, -0.25) is 0 Å². The van der Waals surface area contributed by atoms with E-state index >= 15 is 0 Å². The molecule has 2 aromatic carbocycles. The van der Waals surface area contributed by atoms with Gasteiger partial charge in [0.2, 0.25) is 0 Å². The third kappa shape index (κ3) is 5.03. The fraction of sp³-hybridized carbons (Fsp3) is 0.143. The summed E-state index contributed by atoms with van der Waals surface area (Å²) in [5.41, 5.74) is 7.23. The van der Waals surface area contributed by atoms with Gasteiger partial charge < -0.3 is 0 Å². The maximum Gasteiger partial charge on any atom is 0.129 e. The largest absolute Gasteiger partial charge is 0.129 e. The molecule has 0 saturated heterocycles. The second-order valence-corrected chi connectivity index (χ2v) is 10.8. The van der Waals surface area contributed by atoms with Gasteiger partial charge in [-0.2, -0.15) is 0 Å². The molecule has 0 N–H and O–H groups in total. The second kappa shape index (κ2) is 6.86. The Kier molecular flexibility index (Phi) is 4.90. The van der Waals surface area contributed by atoms with Crippen LogP contribution in [0.5, 0.6) is 0 Å². The van der Waals surface area contributed by atoms with Crippen LogP contribution in [0.4, 0.5) is 0 Å². The first-order valence-corrected chi connectivity index (χ1v) is 10.7. The lowest BCUT2D eigenvalue weighted by atomic mass is 10.1. The second-order valence-electron chi connectivity index (χ2n) is 6.05. The maximum absolute atomic E-state index is 5.34. The Morgan fingerprint density at radius 3 is 1.36 bits per heavy atom. The van der Waals surface area contributed by atoms with Crippen LogP contribution in [0.2, 0.25) is 19.6 Å². The topological polar surface area (TPSA) is 0 Å². The minimum Gasteiger partial charge on any atom is -0.127 e. The van der Waals surface area contributed by atoms with Gasteiger partial charge in [-0.05, 0) is 48.5 Å². The summed E-state index contributed by atoms with van der Waals surface area (Å²) < 4.78 is 0. The van der Waals surface area contributed by atoms with Crippen LogP contribution in [0.15, 0.2) is 48.5 Å². The Hall–Kier alpha value is -2.66. The Morgan fingerprint density at radius 1 is 0.636 bits per heavy atom. The molecule has 0 amide bonds. The number of rotatable bonds is 0.